The minimum atomic E-state index is -0.308. The number of benzene rings is 1. The fourth-order valence-corrected chi connectivity index (χ4v) is 4.96. The van der Waals surface area contributed by atoms with Gasteiger partial charge in [-0.2, -0.15) is 5.10 Å². The van der Waals surface area contributed by atoms with Gasteiger partial charge in [-0.05, 0) is 54.1 Å². The summed E-state index contributed by atoms with van der Waals surface area (Å²) in [5.74, 6) is -0.485. The highest BCUT2D eigenvalue weighted by molar-refractivity contribution is 5.95. The maximum atomic E-state index is 13.6. The Bertz CT molecular complexity index is 1700. The van der Waals surface area contributed by atoms with E-state index in [1.165, 1.54) is 12.1 Å². The molecule has 0 bridgehead atoms. The van der Waals surface area contributed by atoms with Crippen LogP contribution in [0.5, 0.6) is 0 Å². The molecule has 0 spiro atoms. The van der Waals surface area contributed by atoms with Crippen molar-refractivity contribution in [3.05, 3.63) is 93.4 Å². The summed E-state index contributed by atoms with van der Waals surface area (Å²) < 4.78 is 15.2. The average Bonchev–Trinajstić information content (AvgIpc) is 3.34. The molecule has 9 heteroatoms. The molecule has 1 aromatic carbocycles. The van der Waals surface area contributed by atoms with Gasteiger partial charge >= 0.3 is 0 Å². The molecule has 1 aromatic heterocycles. The van der Waals surface area contributed by atoms with E-state index in [1.54, 1.807) is 36.3 Å². The van der Waals surface area contributed by atoms with Crippen LogP contribution in [0, 0.1) is 5.82 Å². The SMILES string of the molecule is CN1C=CC(NC(=O)Cc2cnn(C)c2)=c2ccc3c4c([nH]c(=O)c-4c21)=CCN3c1ccc(F)cc1. The van der Waals surface area contributed by atoms with Gasteiger partial charge in [-0.3, -0.25) is 14.3 Å². The number of aryl methyl sites for hydroxylation is 1. The van der Waals surface area contributed by atoms with Gasteiger partial charge in [0, 0.05) is 54.9 Å². The van der Waals surface area contributed by atoms with Gasteiger partial charge in [0.1, 0.15) is 5.82 Å². The summed E-state index contributed by atoms with van der Waals surface area (Å²) in [5, 5.41) is 8.63. The van der Waals surface area contributed by atoms with Gasteiger partial charge in [0.05, 0.1) is 35.3 Å². The first-order valence-corrected chi connectivity index (χ1v) is 11.5. The lowest BCUT2D eigenvalue weighted by Gasteiger charge is -2.27. The van der Waals surface area contributed by atoms with Gasteiger partial charge < -0.3 is 20.1 Å². The van der Waals surface area contributed by atoms with Crippen molar-refractivity contribution in [1.29, 1.82) is 0 Å². The second-order valence-electron chi connectivity index (χ2n) is 8.98. The van der Waals surface area contributed by atoms with E-state index in [-0.39, 0.29) is 23.7 Å². The van der Waals surface area contributed by atoms with Crippen molar-refractivity contribution in [3.8, 4) is 11.1 Å². The molecule has 6 rings (SSSR count). The molecule has 180 valence electrons. The molecule has 4 aliphatic rings. The summed E-state index contributed by atoms with van der Waals surface area (Å²) in [6, 6.07) is 10.2. The van der Waals surface area contributed by atoms with Gasteiger partial charge in [-0.25, -0.2) is 4.39 Å². The number of halogens is 1. The highest BCUT2D eigenvalue weighted by Crippen LogP contribution is 2.37. The molecular weight excluding hydrogens is 459 g/mol. The Balaban J connectivity index is 1.51. The molecule has 3 aliphatic heterocycles. The molecule has 8 nitrogen and oxygen atoms in total. The quantitative estimate of drug-likeness (QED) is 0.463. The van der Waals surface area contributed by atoms with E-state index in [4.69, 9.17) is 0 Å². The summed E-state index contributed by atoms with van der Waals surface area (Å²) in [4.78, 5) is 33.0. The molecule has 36 heavy (non-hydrogen) atoms. The van der Waals surface area contributed by atoms with Crippen LogP contribution in [0.3, 0.4) is 0 Å². The summed E-state index contributed by atoms with van der Waals surface area (Å²) in [6.45, 7) is 0.523. The van der Waals surface area contributed by atoms with E-state index in [1.807, 2.05) is 47.3 Å². The first-order valence-electron chi connectivity index (χ1n) is 11.5. The van der Waals surface area contributed by atoms with E-state index in [2.05, 4.69) is 15.4 Å². The molecule has 1 amide bonds. The number of hydrogen-bond donors (Lipinski definition) is 2. The first-order chi connectivity index (χ1) is 17.4. The van der Waals surface area contributed by atoms with Gasteiger partial charge in [0.25, 0.3) is 5.56 Å². The second kappa shape index (κ2) is 8.23. The molecule has 2 N–H and O–H groups in total. The van der Waals surface area contributed by atoms with Crippen LogP contribution in [0.4, 0.5) is 21.5 Å². The largest absolute Gasteiger partial charge is 0.350 e. The smallest absolute Gasteiger partial charge is 0.258 e. The van der Waals surface area contributed by atoms with E-state index >= 15 is 0 Å². The number of anilines is 3. The highest BCUT2D eigenvalue weighted by atomic mass is 19.1. The topological polar surface area (TPSA) is 86.3 Å². The normalized spacial score (nSPS) is 14.1. The van der Waals surface area contributed by atoms with Crippen LogP contribution in [0.2, 0.25) is 0 Å². The van der Waals surface area contributed by atoms with Crippen LogP contribution < -0.4 is 31.2 Å². The van der Waals surface area contributed by atoms with Gasteiger partial charge in [-0.1, -0.05) is 0 Å². The number of amides is 1. The summed E-state index contributed by atoms with van der Waals surface area (Å²) in [7, 11) is 3.68. The molecule has 0 radical (unpaired) electrons. The van der Waals surface area contributed by atoms with Crippen molar-refractivity contribution >= 4 is 34.7 Å². The lowest BCUT2D eigenvalue weighted by Crippen LogP contribution is -2.32. The Morgan fingerprint density at radius 1 is 1.14 bits per heavy atom. The molecule has 4 heterocycles. The number of H-pyrrole nitrogens is 1. The van der Waals surface area contributed by atoms with Gasteiger partial charge in [0.2, 0.25) is 5.91 Å². The number of carbonyl (C=O) groups excluding carboxylic acids is 1. The van der Waals surface area contributed by atoms with Crippen molar-refractivity contribution in [2.24, 2.45) is 7.05 Å². The lowest BCUT2D eigenvalue weighted by atomic mass is 10.0. The predicted molar refractivity (Wildman–Crippen MR) is 137 cm³/mol. The van der Waals surface area contributed by atoms with Crippen LogP contribution in [0.1, 0.15) is 5.56 Å². The average molecular weight is 483 g/mol. The number of aromatic amines is 1. The van der Waals surface area contributed by atoms with E-state index in [9.17, 15) is 14.0 Å². The highest BCUT2D eigenvalue weighted by Gasteiger charge is 2.28. The number of hydrogen-bond acceptors (Lipinski definition) is 5. The van der Waals surface area contributed by atoms with E-state index in [0.717, 1.165) is 33.1 Å². The number of rotatable bonds is 4. The maximum Gasteiger partial charge on any atom is 0.258 e. The van der Waals surface area contributed by atoms with Crippen LogP contribution >= 0.6 is 0 Å². The van der Waals surface area contributed by atoms with Crippen molar-refractivity contribution < 1.29 is 9.18 Å². The fraction of sp³-hybridized carbons (Fsp3) is 0.148. The zero-order valence-corrected chi connectivity index (χ0v) is 19.7. The van der Waals surface area contributed by atoms with Crippen molar-refractivity contribution in [2.75, 3.05) is 23.4 Å². The first kappa shape index (κ1) is 21.8. The van der Waals surface area contributed by atoms with Crippen molar-refractivity contribution in [1.82, 2.24) is 20.1 Å². The zero-order chi connectivity index (χ0) is 25.0. The molecule has 0 fully saturated rings. The monoisotopic (exact) mass is 482 g/mol. The summed E-state index contributed by atoms with van der Waals surface area (Å²) in [6.07, 6.45) is 9.28. The summed E-state index contributed by atoms with van der Waals surface area (Å²) >= 11 is 0. The number of nitrogens with one attached hydrogen (secondary N) is 2. The Kier molecular flexibility index (Phi) is 4.99. The maximum absolute atomic E-state index is 13.6. The van der Waals surface area contributed by atoms with Crippen molar-refractivity contribution in [3.63, 3.8) is 0 Å². The Hall–Kier alpha value is -4.66. The molecule has 0 unspecified atom stereocenters. The number of nitrogens with zero attached hydrogens (tertiary/aromatic N) is 4. The fourth-order valence-electron chi connectivity index (χ4n) is 4.96. The number of aromatic nitrogens is 3. The van der Waals surface area contributed by atoms with Crippen LogP contribution in [0.25, 0.3) is 22.9 Å². The van der Waals surface area contributed by atoms with Crippen LogP contribution in [0.15, 0.2) is 65.9 Å². The minimum Gasteiger partial charge on any atom is -0.350 e. The standard InChI is InChI=1S/C27H23FN6O2/c1-32-11-9-20(30-23(35)13-16-14-29-33(2)15-16)19-7-8-22-24-21(31-27(36)25(24)26(19)32)10-12-34(22)18-5-3-17(28)4-6-18/h3-11,14-15H,12-13H2,1-2H3,(H,30,35)(H,31,36). The third-order valence-corrected chi connectivity index (χ3v) is 6.56. The molecule has 0 saturated heterocycles. The van der Waals surface area contributed by atoms with E-state index < -0.39 is 0 Å². The Morgan fingerprint density at radius 3 is 2.69 bits per heavy atom. The molecule has 0 atom stereocenters. The van der Waals surface area contributed by atoms with Crippen LogP contribution in [-0.4, -0.2) is 34.3 Å². The molecule has 0 saturated carbocycles. The zero-order valence-electron chi connectivity index (χ0n) is 19.7. The molecule has 2 aromatic rings. The number of fused-ring (bicyclic) bond motifs is 2. The van der Waals surface area contributed by atoms with E-state index in [0.29, 0.717) is 23.5 Å². The van der Waals surface area contributed by atoms with Gasteiger partial charge in [-0.15, -0.1) is 0 Å². The lowest BCUT2D eigenvalue weighted by molar-refractivity contribution is -0.119. The van der Waals surface area contributed by atoms with Crippen LogP contribution in [-0.2, 0) is 18.3 Å². The third-order valence-electron chi connectivity index (χ3n) is 6.56. The predicted octanol–water partition coefficient (Wildman–Crippen LogP) is 1.72. The molecule has 1 aliphatic carbocycles. The second-order valence-corrected chi connectivity index (χ2v) is 8.98. The third kappa shape index (κ3) is 3.56. The number of carbonyl (C=O) groups is 1. The minimum absolute atomic E-state index is 0.177. The molecular formula is C27H23FN6O2. The summed E-state index contributed by atoms with van der Waals surface area (Å²) in [5.41, 5.74) is 4.90. The van der Waals surface area contributed by atoms with Gasteiger partial charge in [0.15, 0.2) is 0 Å². The van der Waals surface area contributed by atoms with Crippen molar-refractivity contribution in [2.45, 2.75) is 6.42 Å². The Morgan fingerprint density at radius 2 is 1.94 bits per heavy atom. The Labute approximate surface area is 205 Å².